The third-order valence-electron chi connectivity index (χ3n) is 3.79. The van der Waals surface area contributed by atoms with E-state index in [0.717, 1.165) is 19.4 Å². The van der Waals surface area contributed by atoms with Gasteiger partial charge in [-0.3, -0.25) is 9.69 Å². The van der Waals surface area contributed by atoms with Crippen LogP contribution in [0.1, 0.15) is 19.8 Å². The summed E-state index contributed by atoms with van der Waals surface area (Å²) in [7, 11) is 1.66. The van der Waals surface area contributed by atoms with Crippen molar-refractivity contribution in [1.82, 2.24) is 19.2 Å². The van der Waals surface area contributed by atoms with Crippen LogP contribution in [0.5, 0.6) is 0 Å². The first-order valence-corrected chi connectivity index (χ1v) is 8.06. The Hall–Kier alpha value is -1.25. The van der Waals surface area contributed by atoms with Crippen LogP contribution in [0.2, 0.25) is 0 Å². The number of carbonyl (C=O) groups excluding carboxylic acids is 1. The molecule has 7 nitrogen and oxygen atoms in total. The Morgan fingerprint density at radius 2 is 2.36 bits per heavy atom. The fourth-order valence-electron chi connectivity index (χ4n) is 2.64. The van der Waals surface area contributed by atoms with Gasteiger partial charge in [0.15, 0.2) is 4.77 Å². The van der Waals surface area contributed by atoms with Crippen molar-refractivity contribution in [3.05, 3.63) is 11.1 Å². The molecule has 1 aromatic heterocycles. The Labute approximate surface area is 135 Å². The van der Waals surface area contributed by atoms with E-state index in [-0.39, 0.29) is 11.9 Å². The third-order valence-corrected chi connectivity index (χ3v) is 4.24. The maximum absolute atomic E-state index is 11.9. The molecule has 1 saturated heterocycles. The molecule has 8 heteroatoms. The number of esters is 1. The van der Waals surface area contributed by atoms with Crippen LogP contribution in [-0.2, 0) is 27.5 Å². The summed E-state index contributed by atoms with van der Waals surface area (Å²) >= 11 is 5.42. The summed E-state index contributed by atoms with van der Waals surface area (Å²) in [5.41, 5.74) is 0. The number of hydrogen-bond donors (Lipinski definition) is 0. The minimum Gasteiger partial charge on any atom is -0.466 e. The van der Waals surface area contributed by atoms with E-state index in [0.29, 0.717) is 37.7 Å². The van der Waals surface area contributed by atoms with Gasteiger partial charge in [-0.1, -0.05) is 0 Å². The van der Waals surface area contributed by atoms with Crippen molar-refractivity contribution in [3.63, 3.8) is 0 Å². The van der Waals surface area contributed by atoms with Gasteiger partial charge in [0.2, 0.25) is 0 Å². The molecule has 0 radical (unpaired) electrons. The maximum Gasteiger partial charge on any atom is 0.310 e. The molecule has 1 unspecified atom stereocenters. The fraction of sp³-hybridized carbons (Fsp3) is 0.786. The van der Waals surface area contributed by atoms with Crippen molar-refractivity contribution in [1.29, 1.82) is 0 Å². The first-order chi connectivity index (χ1) is 10.7. The van der Waals surface area contributed by atoms with Gasteiger partial charge in [-0.15, -0.1) is 0 Å². The largest absolute Gasteiger partial charge is 0.466 e. The molecule has 1 fully saturated rings. The lowest BCUT2D eigenvalue weighted by atomic mass is 9.99. The molecule has 0 aromatic carbocycles. The van der Waals surface area contributed by atoms with Gasteiger partial charge in [0.05, 0.1) is 25.8 Å². The lowest BCUT2D eigenvalue weighted by molar-refractivity contribution is -0.150. The van der Waals surface area contributed by atoms with E-state index in [1.807, 2.05) is 11.5 Å². The molecule has 0 amide bonds. The number of nitrogens with zero attached hydrogens (tertiary/aromatic N) is 4. The van der Waals surface area contributed by atoms with E-state index in [9.17, 15) is 4.79 Å². The zero-order valence-electron chi connectivity index (χ0n) is 13.2. The highest BCUT2D eigenvalue weighted by Crippen LogP contribution is 2.18. The highest BCUT2D eigenvalue weighted by atomic mass is 32.1. The highest BCUT2D eigenvalue weighted by Gasteiger charge is 2.27. The predicted molar refractivity (Wildman–Crippen MR) is 83.9 cm³/mol. The molecule has 0 aliphatic carbocycles. The number of hydrogen-bond acceptors (Lipinski definition) is 6. The quantitative estimate of drug-likeness (QED) is 0.555. The molecule has 1 aromatic rings. The average Bonchev–Trinajstić information content (AvgIpc) is 2.86. The standard InChI is InChI=1S/C14H24N4O3S/c1-3-21-13(19)12-5-4-6-16(9-12)11-18-14(22)17(10-15-18)7-8-20-2/h10,12H,3-9,11H2,1-2H3. The smallest absolute Gasteiger partial charge is 0.310 e. The molecule has 1 aliphatic heterocycles. The summed E-state index contributed by atoms with van der Waals surface area (Å²) in [6, 6.07) is 0. The summed E-state index contributed by atoms with van der Waals surface area (Å²) in [5.74, 6) is -0.139. The Kier molecular flexibility index (Phi) is 6.53. The van der Waals surface area contributed by atoms with Gasteiger partial charge in [-0.25, -0.2) is 4.68 Å². The van der Waals surface area contributed by atoms with Crippen LogP contribution < -0.4 is 0 Å². The molecule has 2 rings (SSSR count). The molecule has 1 aliphatic rings. The molecule has 22 heavy (non-hydrogen) atoms. The molecule has 1 atom stereocenters. The lowest BCUT2D eigenvalue weighted by Gasteiger charge is -2.31. The van der Waals surface area contributed by atoms with Gasteiger partial charge in [-0.2, -0.15) is 5.10 Å². The molecular formula is C14H24N4O3S. The second kappa shape index (κ2) is 8.40. The van der Waals surface area contributed by atoms with Gasteiger partial charge in [0, 0.05) is 20.2 Å². The van der Waals surface area contributed by atoms with E-state index in [1.54, 1.807) is 18.1 Å². The topological polar surface area (TPSA) is 61.5 Å². The Balaban J connectivity index is 1.94. The van der Waals surface area contributed by atoms with E-state index in [2.05, 4.69) is 10.00 Å². The molecule has 0 saturated carbocycles. The van der Waals surface area contributed by atoms with E-state index >= 15 is 0 Å². The molecular weight excluding hydrogens is 304 g/mol. The predicted octanol–water partition coefficient (Wildman–Crippen LogP) is 1.29. The summed E-state index contributed by atoms with van der Waals surface area (Å²) in [6.45, 7) is 5.83. The number of carbonyl (C=O) groups is 1. The van der Waals surface area contributed by atoms with Gasteiger partial charge in [0.25, 0.3) is 0 Å². The number of likely N-dealkylation sites (tertiary alicyclic amines) is 1. The molecule has 2 heterocycles. The normalized spacial score (nSPS) is 19.3. The van der Waals surface area contributed by atoms with Crippen LogP contribution in [0.3, 0.4) is 0 Å². The summed E-state index contributed by atoms with van der Waals surface area (Å²) in [4.78, 5) is 14.1. The van der Waals surface area contributed by atoms with Crippen molar-refractivity contribution >= 4 is 18.2 Å². The van der Waals surface area contributed by atoms with Gasteiger partial charge >= 0.3 is 5.97 Å². The van der Waals surface area contributed by atoms with Crippen molar-refractivity contribution in [3.8, 4) is 0 Å². The van der Waals surface area contributed by atoms with E-state index in [1.165, 1.54) is 0 Å². The third kappa shape index (κ3) is 4.37. The van der Waals surface area contributed by atoms with Gasteiger partial charge in [-0.05, 0) is 38.5 Å². The second-order valence-electron chi connectivity index (χ2n) is 5.41. The molecule has 0 spiro atoms. The van der Waals surface area contributed by atoms with Crippen LogP contribution in [0.15, 0.2) is 6.33 Å². The summed E-state index contributed by atoms with van der Waals surface area (Å²) in [5, 5.41) is 4.33. The minimum atomic E-state index is -0.0959. The van der Waals surface area contributed by atoms with Crippen molar-refractivity contribution in [2.75, 3.05) is 33.4 Å². The zero-order chi connectivity index (χ0) is 15.9. The van der Waals surface area contributed by atoms with Crippen LogP contribution >= 0.6 is 12.2 Å². The number of ether oxygens (including phenoxy) is 2. The second-order valence-corrected chi connectivity index (χ2v) is 5.77. The molecule has 124 valence electrons. The van der Waals surface area contributed by atoms with Crippen molar-refractivity contribution < 1.29 is 14.3 Å². The first-order valence-electron chi connectivity index (χ1n) is 7.65. The first kappa shape index (κ1) is 17.1. The lowest BCUT2D eigenvalue weighted by Crippen LogP contribution is -2.40. The van der Waals surface area contributed by atoms with Gasteiger partial charge in [0.1, 0.15) is 6.33 Å². The monoisotopic (exact) mass is 328 g/mol. The Morgan fingerprint density at radius 1 is 1.55 bits per heavy atom. The number of piperidine rings is 1. The molecule has 0 bridgehead atoms. The summed E-state index contributed by atoms with van der Waals surface area (Å²) in [6.07, 6.45) is 3.61. The highest BCUT2D eigenvalue weighted by molar-refractivity contribution is 7.71. The summed E-state index contributed by atoms with van der Waals surface area (Å²) < 4.78 is 14.5. The number of methoxy groups -OCH3 is 1. The van der Waals surface area contributed by atoms with Crippen LogP contribution in [0.25, 0.3) is 0 Å². The van der Waals surface area contributed by atoms with Crippen molar-refractivity contribution in [2.45, 2.75) is 33.0 Å². The van der Waals surface area contributed by atoms with E-state index < -0.39 is 0 Å². The number of rotatable bonds is 7. The minimum absolute atomic E-state index is 0.0431. The van der Waals surface area contributed by atoms with Crippen LogP contribution in [0.4, 0.5) is 0 Å². The fourth-order valence-corrected chi connectivity index (χ4v) is 2.88. The van der Waals surface area contributed by atoms with Crippen LogP contribution in [0, 0.1) is 10.7 Å². The Bertz CT molecular complexity index is 542. The van der Waals surface area contributed by atoms with Crippen LogP contribution in [-0.4, -0.2) is 58.6 Å². The number of aromatic nitrogens is 3. The molecule has 0 N–H and O–H groups in total. The maximum atomic E-state index is 11.9. The Morgan fingerprint density at radius 3 is 3.09 bits per heavy atom. The zero-order valence-corrected chi connectivity index (χ0v) is 14.0. The van der Waals surface area contributed by atoms with Crippen molar-refractivity contribution in [2.24, 2.45) is 5.92 Å². The van der Waals surface area contributed by atoms with Gasteiger partial charge < -0.3 is 14.0 Å². The SMILES string of the molecule is CCOC(=O)C1CCCN(Cn2ncn(CCOC)c2=S)C1. The van der Waals surface area contributed by atoms with E-state index in [4.69, 9.17) is 21.7 Å². The average molecular weight is 328 g/mol.